The monoisotopic (exact) mass is 464 g/mol. The molecule has 2 aromatic carbocycles. The molecule has 1 heterocycles. The van der Waals surface area contributed by atoms with Crippen LogP contribution in [0.4, 0.5) is 4.39 Å². The number of likely N-dealkylation sites (N-methyl/N-ethyl adjacent to an activating group) is 2. The summed E-state index contributed by atoms with van der Waals surface area (Å²) in [6.45, 7) is 0.260. The maximum Gasteiger partial charge on any atom is 0.276 e. The maximum absolute atomic E-state index is 13.0. The van der Waals surface area contributed by atoms with E-state index in [0.717, 1.165) is 11.1 Å². The van der Waals surface area contributed by atoms with Crippen LogP contribution in [-0.4, -0.2) is 42.0 Å². The minimum Gasteiger partial charge on any atom is -0.493 e. The summed E-state index contributed by atoms with van der Waals surface area (Å²) in [6, 6.07) is 9.71. The fourth-order valence-electron chi connectivity index (χ4n) is 2.75. The van der Waals surface area contributed by atoms with E-state index in [4.69, 9.17) is 21.7 Å². The molecular formula is C20H18BrFN2O3S. The Labute approximate surface area is 176 Å². The number of benzene rings is 2. The van der Waals surface area contributed by atoms with Gasteiger partial charge in [-0.2, -0.15) is 0 Å². The number of hydrogen-bond acceptors (Lipinski definition) is 4. The van der Waals surface area contributed by atoms with Crippen LogP contribution in [0.3, 0.4) is 0 Å². The standard InChI is InChI=1S/C20H18BrFN2O3S/c1-23-16(19(25)24(2)20(23)28)9-13-8-15(21)18(17(10-13)26-3)27-11-12-4-6-14(22)7-5-12/h4-10H,11H2,1-3H3/b16-9-. The van der Waals surface area contributed by atoms with Crippen LogP contribution < -0.4 is 9.47 Å². The highest BCUT2D eigenvalue weighted by Crippen LogP contribution is 2.38. The molecule has 28 heavy (non-hydrogen) atoms. The SMILES string of the molecule is COc1cc(/C=C2/C(=O)N(C)C(=S)N2C)cc(Br)c1OCc1ccc(F)cc1. The van der Waals surface area contributed by atoms with Crippen molar-refractivity contribution in [2.75, 3.05) is 21.2 Å². The van der Waals surface area contributed by atoms with E-state index in [1.807, 2.05) is 6.07 Å². The van der Waals surface area contributed by atoms with Crippen molar-refractivity contribution in [3.8, 4) is 11.5 Å². The number of thiocarbonyl (C=S) groups is 1. The second kappa shape index (κ2) is 8.28. The van der Waals surface area contributed by atoms with Crippen molar-refractivity contribution in [1.29, 1.82) is 0 Å². The fourth-order valence-corrected chi connectivity index (χ4v) is 3.50. The number of nitrogens with zero attached hydrogens (tertiary/aromatic N) is 2. The molecule has 1 aliphatic rings. The van der Waals surface area contributed by atoms with Crippen LogP contribution in [0.15, 0.2) is 46.6 Å². The molecule has 0 spiro atoms. The first-order chi connectivity index (χ1) is 13.3. The molecule has 0 bridgehead atoms. The Morgan fingerprint density at radius 3 is 2.43 bits per heavy atom. The van der Waals surface area contributed by atoms with Crippen LogP contribution in [0, 0.1) is 5.82 Å². The molecule has 3 rings (SSSR count). The van der Waals surface area contributed by atoms with Crippen molar-refractivity contribution in [3.63, 3.8) is 0 Å². The number of amides is 1. The van der Waals surface area contributed by atoms with Crippen molar-refractivity contribution < 1.29 is 18.7 Å². The summed E-state index contributed by atoms with van der Waals surface area (Å²) in [4.78, 5) is 15.4. The summed E-state index contributed by atoms with van der Waals surface area (Å²) in [7, 11) is 4.94. The van der Waals surface area contributed by atoms with Gasteiger partial charge in [0.2, 0.25) is 0 Å². The van der Waals surface area contributed by atoms with Crippen LogP contribution in [0.25, 0.3) is 6.08 Å². The van der Waals surface area contributed by atoms with Gasteiger partial charge in [0.15, 0.2) is 16.6 Å². The van der Waals surface area contributed by atoms with Gasteiger partial charge < -0.3 is 14.4 Å². The second-order valence-corrected chi connectivity index (χ2v) is 7.40. The van der Waals surface area contributed by atoms with Gasteiger partial charge in [0, 0.05) is 14.1 Å². The van der Waals surface area contributed by atoms with E-state index in [-0.39, 0.29) is 18.3 Å². The van der Waals surface area contributed by atoms with Crippen LogP contribution >= 0.6 is 28.1 Å². The lowest BCUT2D eigenvalue weighted by atomic mass is 10.1. The largest absolute Gasteiger partial charge is 0.493 e. The van der Waals surface area contributed by atoms with E-state index in [1.54, 1.807) is 50.4 Å². The molecule has 1 aliphatic heterocycles. The van der Waals surface area contributed by atoms with Gasteiger partial charge in [-0.15, -0.1) is 0 Å². The first-order valence-electron chi connectivity index (χ1n) is 8.34. The first-order valence-corrected chi connectivity index (χ1v) is 9.54. The van der Waals surface area contributed by atoms with E-state index < -0.39 is 0 Å². The smallest absolute Gasteiger partial charge is 0.276 e. The molecule has 0 saturated carbocycles. The number of carbonyl (C=O) groups is 1. The fraction of sp³-hybridized carbons (Fsp3) is 0.200. The number of hydrogen-bond donors (Lipinski definition) is 0. The molecule has 5 nitrogen and oxygen atoms in total. The molecule has 2 aromatic rings. The van der Waals surface area contributed by atoms with E-state index >= 15 is 0 Å². The minimum atomic E-state index is -0.295. The molecule has 8 heteroatoms. The molecule has 0 N–H and O–H groups in total. The number of rotatable bonds is 5. The van der Waals surface area contributed by atoms with Crippen LogP contribution in [0.1, 0.15) is 11.1 Å². The van der Waals surface area contributed by atoms with Crippen LogP contribution in [0.5, 0.6) is 11.5 Å². The molecule has 0 unspecified atom stereocenters. The summed E-state index contributed by atoms with van der Waals surface area (Å²) < 4.78 is 25.0. The lowest BCUT2D eigenvalue weighted by molar-refractivity contribution is -0.121. The third-order valence-corrected chi connectivity index (χ3v) is 5.45. The van der Waals surface area contributed by atoms with Gasteiger partial charge in [-0.3, -0.25) is 9.69 Å². The lowest BCUT2D eigenvalue weighted by Crippen LogP contribution is -2.26. The van der Waals surface area contributed by atoms with Crippen LogP contribution in [0.2, 0.25) is 0 Å². The van der Waals surface area contributed by atoms with Crippen LogP contribution in [-0.2, 0) is 11.4 Å². The molecule has 1 amide bonds. The zero-order valence-electron chi connectivity index (χ0n) is 15.5. The van der Waals surface area contributed by atoms with Gasteiger partial charge in [0.25, 0.3) is 5.91 Å². The zero-order chi connectivity index (χ0) is 20.4. The molecule has 146 valence electrons. The number of methoxy groups -OCH3 is 1. The summed E-state index contributed by atoms with van der Waals surface area (Å²) in [5, 5.41) is 0.446. The van der Waals surface area contributed by atoms with Crippen molar-refractivity contribution in [2.24, 2.45) is 0 Å². The quantitative estimate of drug-likeness (QED) is 0.489. The molecule has 0 aliphatic carbocycles. The van der Waals surface area contributed by atoms with Crippen molar-refractivity contribution in [1.82, 2.24) is 9.80 Å². The molecule has 1 saturated heterocycles. The Morgan fingerprint density at radius 2 is 1.86 bits per heavy atom. The highest BCUT2D eigenvalue weighted by Gasteiger charge is 2.32. The van der Waals surface area contributed by atoms with E-state index in [0.29, 0.717) is 26.8 Å². The Balaban J connectivity index is 1.87. The first kappa shape index (κ1) is 20.3. The van der Waals surface area contributed by atoms with Crippen molar-refractivity contribution in [2.45, 2.75) is 6.61 Å². The Morgan fingerprint density at radius 1 is 1.18 bits per heavy atom. The maximum atomic E-state index is 13.0. The third kappa shape index (κ3) is 4.02. The van der Waals surface area contributed by atoms with E-state index in [9.17, 15) is 9.18 Å². The Kier molecular flexibility index (Phi) is 6.00. The number of halogens is 2. The van der Waals surface area contributed by atoms with Gasteiger partial charge in [-0.1, -0.05) is 12.1 Å². The molecule has 0 atom stereocenters. The average molecular weight is 465 g/mol. The van der Waals surface area contributed by atoms with Crippen molar-refractivity contribution in [3.05, 3.63) is 63.5 Å². The molecule has 1 fully saturated rings. The lowest BCUT2D eigenvalue weighted by Gasteiger charge is -2.14. The second-order valence-electron chi connectivity index (χ2n) is 6.18. The summed E-state index contributed by atoms with van der Waals surface area (Å²) >= 11 is 8.73. The highest BCUT2D eigenvalue weighted by molar-refractivity contribution is 9.10. The van der Waals surface area contributed by atoms with Gasteiger partial charge in [0.05, 0.1) is 11.6 Å². The normalized spacial score (nSPS) is 15.5. The predicted octanol–water partition coefficient (Wildman–Crippen LogP) is 4.21. The van der Waals surface area contributed by atoms with Crippen molar-refractivity contribution >= 4 is 45.2 Å². The number of carbonyl (C=O) groups excluding carboxylic acids is 1. The zero-order valence-corrected chi connectivity index (χ0v) is 17.9. The highest BCUT2D eigenvalue weighted by atomic mass is 79.9. The van der Waals surface area contributed by atoms with E-state index in [2.05, 4.69) is 15.9 Å². The van der Waals surface area contributed by atoms with E-state index in [1.165, 1.54) is 17.0 Å². The summed E-state index contributed by atoms with van der Waals surface area (Å²) in [6.07, 6.45) is 1.75. The average Bonchev–Trinajstić information content (AvgIpc) is 2.86. The predicted molar refractivity (Wildman–Crippen MR) is 113 cm³/mol. The molecular weight excluding hydrogens is 447 g/mol. The third-order valence-electron chi connectivity index (χ3n) is 4.31. The van der Waals surface area contributed by atoms with Gasteiger partial charge in [-0.05, 0) is 69.6 Å². The van der Waals surface area contributed by atoms with Gasteiger partial charge in [0.1, 0.15) is 18.1 Å². The molecule has 0 radical (unpaired) electrons. The van der Waals surface area contributed by atoms with Gasteiger partial charge in [-0.25, -0.2) is 4.39 Å². The topological polar surface area (TPSA) is 42.0 Å². The summed E-state index contributed by atoms with van der Waals surface area (Å²) in [5.74, 6) is 0.566. The molecule has 0 aromatic heterocycles. The minimum absolute atomic E-state index is 0.167. The Hall–Kier alpha value is -2.45. The summed E-state index contributed by atoms with van der Waals surface area (Å²) in [5.41, 5.74) is 2.06. The van der Waals surface area contributed by atoms with Gasteiger partial charge >= 0.3 is 0 Å². The Bertz CT molecular complexity index is 963. The number of ether oxygens (including phenoxy) is 2.